The summed E-state index contributed by atoms with van der Waals surface area (Å²) in [4.78, 5) is 0. The van der Waals surface area contributed by atoms with Gasteiger partial charge in [0.05, 0.1) is 12.2 Å². The molecule has 2 heteroatoms. The fourth-order valence-corrected chi connectivity index (χ4v) is 1.50. The lowest BCUT2D eigenvalue weighted by Crippen LogP contribution is -2.09. The zero-order valence-electron chi connectivity index (χ0n) is 5.35. The molecule has 1 rings (SSSR count). The van der Waals surface area contributed by atoms with Gasteiger partial charge in [0.2, 0.25) is 0 Å². The SMILES string of the molecule is C=C[C@@H]1CC[C@H](CBr)O1. The number of hydrogen-bond donors (Lipinski definition) is 0. The molecule has 2 atom stereocenters. The van der Waals surface area contributed by atoms with Gasteiger partial charge in [-0.3, -0.25) is 0 Å². The number of halogens is 1. The van der Waals surface area contributed by atoms with Crippen molar-refractivity contribution in [2.45, 2.75) is 25.0 Å². The summed E-state index contributed by atoms with van der Waals surface area (Å²) in [5.41, 5.74) is 0. The summed E-state index contributed by atoms with van der Waals surface area (Å²) in [6.07, 6.45) is 4.92. The van der Waals surface area contributed by atoms with Crippen molar-refractivity contribution in [2.24, 2.45) is 0 Å². The van der Waals surface area contributed by atoms with Crippen LogP contribution in [0.5, 0.6) is 0 Å². The highest BCUT2D eigenvalue weighted by atomic mass is 79.9. The number of ether oxygens (including phenoxy) is 1. The van der Waals surface area contributed by atoms with Crippen LogP contribution in [0, 0.1) is 0 Å². The second-order valence-corrected chi connectivity index (χ2v) is 2.91. The Labute approximate surface area is 64.2 Å². The monoisotopic (exact) mass is 190 g/mol. The van der Waals surface area contributed by atoms with Crippen LogP contribution in [0.3, 0.4) is 0 Å². The summed E-state index contributed by atoms with van der Waals surface area (Å²) < 4.78 is 5.49. The first kappa shape index (κ1) is 7.29. The molecular weight excluding hydrogens is 180 g/mol. The first-order valence-corrected chi connectivity index (χ1v) is 4.33. The molecule has 1 saturated heterocycles. The first-order chi connectivity index (χ1) is 4.36. The van der Waals surface area contributed by atoms with Crippen molar-refractivity contribution >= 4 is 15.9 Å². The number of alkyl halides is 1. The third kappa shape index (κ3) is 1.80. The molecule has 1 heterocycles. The normalized spacial score (nSPS) is 34.8. The zero-order chi connectivity index (χ0) is 6.69. The van der Waals surface area contributed by atoms with Gasteiger partial charge < -0.3 is 4.74 Å². The Morgan fingerprint density at radius 3 is 2.78 bits per heavy atom. The molecule has 0 radical (unpaired) electrons. The minimum atomic E-state index is 0.313. The van der Waals surface area contributed by atoms with Crippen molar-refractivity contribution in [3.05, 3.63) is 12.7 Å². The molecule has 52 valence electrons. The Kier molecular flexibility index (Phi) is 2.73. The quantitative estimate of drug-likeness (QED) is 0.479. The van der Waals surface area contributed by atoms with Crippen molar-refractivity contribution in [2.75, 3.05) is 5.33 Å². The second-order valence-electron chi connectivity index (χ2n) is 2.26. The maximum atomic E-state index is 5.49. The van der Waals surface area contributed by atoms with Crippen LogP contribution in [0.25, 0.3) is 0 Å². The predicted octanol–water partition coefficient (Wildman–Crippen LogP) is 2.11. The van der Waals surface area contributed by atoms with E-state index in [0.717, 1.165) is 11.8 Å². The van der Waals surface area contributed by atoms with Crippen molar-refractivity contribution in [3.63, 3.8) is 0 Å². The minimum absolute atomic E-state index is 0.313. The van der Waals surface area contributed by atoms with E-state index in [1.807, 2.05) is 6.08 Å². The van der Waals surface area contributed by atoms with E-state index in [9.17, 15) is 0 Å². The molecule has 1 fully saturated rings. The van der Waals surface area contributed by atoms with Crippen LogP contribution in [-0.4, -0.2) is 17.5 Å². The minimum Gasteiger partial charge on any atom is -0.370 e. The Hall–Kier alpha value is 0.180. The average molecular weight is 191 g/mol. The third-order valence-electron chi connectivity index (χ3n) is 1.58. The smallest absolute Gasteiger partial charge is 0.0758 e. The van der Waals surface area contributed by atoms with Gasteiger partial charge in [0.1, 0.15) is 0 Å². The van der Waals surface area contributed by atoms with E-state index in [1.54, 1.807) is 0 Å². The van der Waals surface area contributed by atoms with Crippen molar-refractivity contribution in [3.8, 4) is 0 Å². The molecule has 0 saturated carbocycles. The summed E-state index contributed by atoms with van der Waals surface area (Å²) in [5.74, 6) is 0. The van der Waals surface area contributed by atoms with Gasteiger partial charge in [-0.15, -0.1) is 6.58 Å². The molecule has 9 heavy (non-hydrogen) atoms. The fraction of sp³-hybridized carbons (Fsp3) is 0.714. The van der Waals surface area contributed by atoms with E-state index in [4.69, 9.17) is 4.74 Å². The molecule has 1 aliphatic heterocycles. The van der Waals surface area contributed by atoms with Gasteiger partial charge in [-0.1, -0.05) is 22.0 Å². The molecule has 0 N–H and O–H groups in total. The van der Waals surface area contributed by atoms with Crippen LogP contribution in [0.2, 0.25) is 0 Å². The van der Waals surface area contributed by atoms with E-state index >= 15 is 0 Å². The standard InChI is InChI=1S/C7H11BrO/c1-2-6-3-4-7(5-8)9-6/h2,6-7H,1,3-5H2/t6-,7-/m1/s1. The molecule has 0 unspecified atom stereocenters. The molecule has 0 aromatic rings. The van der Waals surface area contributed by atoms with Crippen LogP contribution < -0.4 is 0 Å². The van der Waals surface area contributed by atoms with Crippen LogP contribution >= 0.6 is 15.9 Å². The topological polar surface area (TPSA) is 9.23 Å². The molecule has 0 aromatic carbocycles. The van der Waals surface area contributed by atoms with Crippen LogP contribution in [0.4, 0.5) is 0 Å². The Morgan fingerprint density at radius 1 is 1.67 bits per heavy atom. The van der Waals surface area contributed by atoms with Crippen LogP contribution in [-0.2, 0) is 4.74 Å². The predicted molar refractivity (Wildman–Crippen MR) is 41.9 cm³/mol. The highest BCUT2D eigenvalue weighted by molar-refractivity contribution is 9.09. The maximum absolute atomic E-state index is 5.49. The van der Waals surface area contributed by atoms with E-state index in [2.05, 4.69) is 22.5 Å². The lowest BCUT2D eigenvalue weighted by molar-refractivity contribution is 0.0872. The van der Waals surface area contributed by atoms with E-state index < -0.39 is 0 Å². The Morgan fingerprint density at radius 2 is 2.44 bits per heavy atom. The highest BCUT2D eigenvalue weighted by Crippen LogP contribution is 2.21. The maximum Gasteiger partial charge on any atom is 0.0758 e. The van der Waals surface area contributed by atoms with Crippen molar-refractivity contribution in [1.29, 1.82) is 0 Å². The fourth-order valence-electron chi connectivity index (χ4n) is 1.02. The van der Waals surface area contributed by atoms with Gasteiger partial charge in [0.15, 0.2) is 0 Å². The van der Waals surface area contributed by atoms with E-state index in [-0.39, 0.29) is 0 Å². The summed E-state index contributed by atoms with van der Waals surface area (Å²) in [6.45, 7) is 3.67. The van der Waals surface area contributed by atoms with Gasteiger partial charge in [0.25, 0.3) is 0 Å². The second kappa shape index (κ2) is 3.37. The first-order valence-electron chi connectivity index (χ1n) is 3.20. The average Bonchev–Trinajstić information content (AvgIpc) is 2.34. The molecule has 0 aliphatic carbocycles. The van der Waals surface area contributed by atoms with Gasteiger partial charge in [-0.25, -0.2) is 0 Å². The number of rotatable bonds is 2. The lowest BCUT2D eigenvalue weighted by atomic mass is 10.2. The van der Waals surface area contributed by atoms with Gasteiger partial charge in [-0.2, -0.15) is 0 Å². The van der Waals surface area contributed by atoms with Gasteiger partial charge in [-0.05, 0) is 12.8 Å². The summed E-state index contributed by atoms with van der Waals surface area (Å²) in [6, 6.07) is 0. The van der Waals surface area contributed by atoms with E-state index in [0.29, 0.717) is 12.2 Å². The summed E-state index contributed by atoms with van der Waals surface area (Å²) >= 11 is 3.37. The van der Waals surface area contributed by atoms with Gasteiger partial charge >= 0.3 is 0 Å². The van der Waals surface area contributed by atoms with Gasteiger partial charge in [0, 0.05) is 5.33 Å². The largest absolute Gasteiger partial charge is 0.370 e. The Bertz CT molecular complexity index is 103. The molecule has 0 spiro atoms. The highest BCUT2D eigenvalue weighted by Gasteiger charge is 2.21. The van der Waals surface area contributed by atoms with E-state index in [1.165, 1.54) is 6.42 Å². The number of hydrogen-bond acceptors (Lipinski definition) is 1. The van der Waals surface area contributed by atoms with Crippen LogP contribution in [0.15, 0.2) is 12.7 Å². The zero-order valence-corrected chi connectivity index (χ0v) is 6.93. The molecule has 0 bridgehead atoms. The Balaban J connectivity index is 2.28. The van der Waals surface area contributed by atoms with Crippen LogP contribution in [0.1, 0.15) is 12.8 Å². The molecule has 0 amide bonds. The third-order valence-corrected chi connectivity index (χ3v) is 2.30. The van der Waals surface area contributed by atoms with Crippen molar-refractivity contribution in [1.82, 2.24) is 0 Å². The summed E-state index contributed by atoms with van der Waals surface area (Å²) in [7, 11) is 0. The molecule has 1 nitrogen and oxygen atoms in total. The lowest BCUT2D eigenvalue weighted by Gasteiger charge is -2.05. The van der Waals surface area contributed by atoms with Crippen molar-refractivity contribution < 1.29 is 4.74 Å². The molecule has 1 aliphatic rings. The summed E-state index contributed by atoms with van der Waals surface area (Å²) in [5, 5.41) is 0.956. The molecule has 0 aromatic heterocycles. The molecular formula is C7H11BrO.